The van der Waals surface area contributed by atoms with Crippen molar-refractivity contribution in [2.24, 2.45) is 0 Å². The summed E-state index contributed by atoms with van der Waals surface area (Å²) < 4.78 is 44.5. The van der Waals surface area contributed by atoms with Gasteiger partial charge in [-0.25, -0.2) is 8.42 Å². The molecule has 4 rings (SSSR count). The number of aryl methyl sites for hydroxylation is 1. The minimum atomic E-state index is -4.06. The predicted molar refractivity (Wildman–Crippen MR) is 125 cm³/mol. The average Bonchev–Trinajstić information content (AvgIpc) is 3.26. The highest BCUT2D eigenvalue weighted by molar-refractivity contribution is 7.92. The summed E-state index contributed by atoms with van der Waals surface area (Å²) in [6.45, 7) is 3.69. The summed E-state index contributed by atoms with van der Waals surface area (Å²) in [6.07, 6.45) is 0. The van der Waals surface area contributed by atoms with Gasteiger partial charge in [-0.05, 0) is 50.2 Å². The molecule has 1 amide bonds. The number of sulfonamides is 1. The number of para-hydroxylation sites is 2. The fraction of sp³-hybridized carbons (Fsp3) is 0.208. The summed E-state index contributed by atoms with van der Waals surface area (Å²) in [4.78, 5) is 13.0. The number of benzene rings is 3. The zero-order chi connectivity index (χ0) is 23.4. The lowest BCUT2D eigenvalue weighted by Crippen LogP contribution is -2.38. The topological polar surface area (TPSA) is 94.2 Å². The third-order valence-corrected chi connectivity index (χ3v) is 6.76. The molecular weight excluding hydrogens is 444 g/mol. The fourth-order valence-electron chi connectivity index (χ4n) is 3.38. The van der Waals surface area contributed by atoms with Crippen LogP contribution in [-0.2, 0) is 14.8 Å². The van der Waals surface area contributed by atoms with Gasteiger partial charge in [-0.3, -0.25) is 9.10 Å². The van der Waals surface area contributed by atoms with Crippen molar-refractivity contribution < 1.29 is 27.4 Å². The summed E-state index contributed by atoms with van der Waals surface area (Å²) in [7, 11) is -4.06. The molecule has 33 heavy (non-hydrogen) atoms. The third-order valence-electron chi connectivity index (χ3n) is 4.99. The Balaban J connectivity index is 1.67. The van der Waals surface area contributed by atoms with Crippen molar-refractivity contribution in [1.29, 1.82) is 0 Å². The van der Waals surface area contributed by atoms with E-state index < -0.39 is 22.5 Å². The largest absolute Gasteiger partial charge is 0.492 e. The lowest BCUT2D eigenvalue weighted by molar-refractivity contribution is -0.114. The molecular formula is C24H24N2O6S. The van der Waals surface area contributed by atoms with Crippen LogP contribution >= 0.6 is 0 Å². The van der Waals surface area contributed by atoms with Crippen molar-refractivity contribution in [3.63, 3.8) is 0 Å². The number of nitrogens with zero attached hydrogens (tertiary/aromatic N) is 1. The Labute approximate surface area is 192 Å². The van der Waals surface area contributed by atoms with Crippen LogP contribution in [0.2, 0.25) is 0 Å². The Morgan fingerprint density at radius 1 is 1.03 bits per heavy atom. The Hall–Kier alpha value is -3.72. The van der Waals surface area contributed by atoms with Crippen molar-refractivity contribution in [3.05, 3.63) is 72.3 Å². The molecule has 9 heteroatoms. The summed E-state index contributed by atoms with van der Waals surface area (Å²) in [6, 6.07) is 18.2. The number of carbonyl (C=O) groups is 1. The third kappa shape index (κ3) is 4.88. The zero-order valence-electron chi connectivity index (χ0n) is 18.3. The second-order valence-corrected chi connectivity index (χ2v) is 9.20. The van der Waals surface area contributed by atoms with Crippen LogP contribution in [0.5, 0.6) is 17.2 Å². The molecule has 1 N–H and O–H groups in total. The number of carbonyl (C=O) groups excluding carboxylic acids is 1. The van der Waals surface area contributed by atoms with Crippen LogP contribution in [-0.4, -0.2) is 34.3 Å². The Morgan fingerprint density at radius 2 is 1.76 bits per heavy atom. The quantitative estimate of drug-likeness (QED) is 0.538. The molecule has 0 aliphatic carbocycles. The van der Waals surface area contributed by atoms with Crippen LogP contribution in [0.3, 0.4) is 0 Å². The Bertz CT molecular complexity index is 1260. The highest BCUT2D eigenvalue weighted by atomic mass is 32.2. The first kappa shape index (κ1) is 22.5. The van der Waals surface area contributed by atoms with Gasteiger partial charge in [0.25, 0.3) is 10.0 Å². The molecule has 0 aromatic heterocycles. The van der Waals surface area contributed by atoms with Crippen molar-refractivity contribution in [2.75, 3.05) is 29.6 Å². The molecule has 0 saturated carbocycles. The number of nitrogens with one attached hydrogen (secondary N) is 1. The van der Waals surface area contributed by atoms with E-state index in [1.54, 1.807) is 54.6 Å². The minimum absolute atomic E-state index is 0.0790. The molecule has 0 spiro atoms. The van der Waals surface area contributed by atoms with Gasteiger partial charge in [0, 0.05) is 11.8 Å². The van der Waals surface area contributed by atoms with Gasteiger partial charge in [-0.1, -0.05) is 29.8 Å². The number of fused-ring (bicyclic) bond motifs is 1. The lowest BCUT2D eigenvalue weighted by atomic mass is 10.2. The van der Waals surface area contributed by atoms with E-state index in [2.05, 4.69) is 5.32 Å². The SMILES string of the molecule is CCOc1ccccc1N(CC(=O)Nc1ccc2c(c1)OCO2)S(=O)(=O)c1ccc(C)cc1. The van der Waals surface area contributed by atoms with E-state index in [-0.39, 0.29) is 17.4 Å². The maximum absolute atomic E-state index is 13.6. The lowest BCUT2D eigenvalue weighted by Gasteiger charge is -2.26. The van der Waals surface area contributed by atoms with Crippen LogP contribution in [0.4, 0.5) is 11.4 Å². The Morgan fingerprint density at radius 3 is 2.52 bits per heavy atom. The molecule has 172 valence electrons. The average molecular weight is 469 g/mol. The van der Waals surface area contributed by atoms with Crippen LogP contribution in [0.15, 0.2) is 71.6 Å². The van der Waals surface area contributed by atoms with Gasteiger partial charge in [0.1, 0.15) is 12.3 Å². The highest BCUT2D eigenvalue weighted by Gasteiger charge is 2.29. The first-order valence-electron chi connectivity index (χ1n) is 10.4. The maximum Gasteiger partial charge on any atom is 0.264 e. The molecule has 3 aromatic rings. The van der Waals surface area contributed by atoms with Crippen molar-refractivity contribution in [2.45, 2.75) is 18.7 Å². The first-order valence-corrected chi connectivity index (χ1v) is 11.8. The van der Waals surface area contributed by atoms with Crippen LogP contribution in [0.25, 0.3) is 0 Å². The fourth-order valence-corrected chi connectivity index (χ4v) is 4.81. The molecule has 0 fully saturated rings. The molecule has 3 aromatic carbocycles. The summed E-state index contributed by atoms with van der Waals surface area (Å²) in [5.41, 5.74) is 1.67. The molecule has 0 bridgehead atoms. The highest BCUT2D eigenvalue weighted by Crippen LogP contribution is 2.35. The number of hydrogen-bond acceptors (Lipinski definition) is 6. The molecule has 0 atom stereocenters. The molecule has 1 heterocycles. The van der Waals surface area contributed by atoms with E-state index in [9.17, 15) is 13.2 Å². The summed E-state index contributed by atoms with van der Waals surface area (Å²) >= 11 is 0. The zero-order valence-corrected chi connectivity index (χ0v) is 19.1. The molecule has 1 aliphatic rings. The van der Waals surface area contributed by atoms with E-state index in [4.69, 9.17) is 14.2 Å². The number of hydrogen-bond donors (Lipinski definition) is 1. The van der Waals surface area contributed by atoms with Gasteiger partial charge in [-0.15, -0.1) is 0 Å². The standard InChI is InChI=1S/C24H24N2O6S/c1-3-30-21-7-5-4-6-20(21)26(33(28,29)19-11-8-17(2)9-12-19)15-24(27)25-18-10-13-22-23(14-18)32-16-31-22/h4-14H,3,15-16H2,1-2H3,(H,25,27). The number of rotatable bonds is 8. The molecule has 0 radical (unpaired) electrons. The number of ether oxygens (including phenoxy) is 3. The van der Waals surface area contributed by atoms with Crippen molar-refractivity contribution in [3.8, 4) is 17.2 Å². The van der Waals surface area contributed by atoms with E-state index >= 15 is 0 Å². The summed E-state index contributed by atoms with van der Waals surface area (Å²) in [5, 5.41) is 2.73. The summed E-state index contributed by atoms with van der Waals surface area (Å²) in [5.74, 6) is 0.947. The second-order valence-electron chi connectivity index (χ2n) is 7.34. The minimum Gasteiger partial charge on any atom is -0.492 e. The van der Waals surface area contributed by atoms with Gasteiger partial charge in [-0.2, -0.15) is 0 Å². The monoisotopic (exact) mass is 468 g/mol. The maximum atomic E-state index is 13.6. The van der Waals surface area contributed by atoms with Crippen molar-refractivity contribution >= 4 is 27.3 Å². The van der Waals surface area contributed by atoms with E-state index in [0.717, 1.165) is 9.87 Å². The molecule has 0 saturated heterocycles. The Kier molecular flexibility index (Phi) is 6.41. The van der Waals surface area contributed by atoms with Gasteiger partial charge < -0.3 is 19.5 Å². The first-order chi connectivity index (χ1) is 15.9. The number of anilines is 2. The van der Waals surface area contributed by atoms with E-state index in [1.165, 1.54) is 12.1 Å². The van der Waals surface area contributed by atoms with Crippen LogP contribution < -0.4 is 23.8 Å². The van der Waals surface area contributed by atoms with Gasteiger partial charge in [0.2, 0.25) is 12.7 Å². The second kappa shape index (κ2) is 9.41. The normalized spacial score (nSPS) is 12.3. The van der Waals surface area contributed by atoms with Crippen LogP contribution in [0.1, 0.15) is 12.5 Å². The molecule has 8 nitrogen and oxygen atoms in total. The van der Waals surface area contributed by atoms with Crippen LogP contribution in [0, 0.1) is 6.92 Å². The molecule has 0 unspecified atom stereocenters. The van der Waals surface area contributed by atoms with Gasteiger partial charge in [0.15, 0.2) is 11.5 Å². The smallest absolute Gasteiger partial charge is 0.264 e. The van der Waals surface area contributed by atoms with Gasteiger partial charge >= 0.3 is 0 Å². The molecule has 1 aliphatic heterocycles. The van der Waals surface area contributed by atoms with Crippen molar-refractivity contribution in [1.82, 2.24) is 0 Å². The van der Waals surface area contributed by atoms with E-state index in [1.807, 2.05) is 13.8 Å². The van der Waals surface area contributed by atoms with E-state index in [0.29, 0.717) is 29.5 Å². The number of amides is 1. The van der Waals surface area contributed by atoms with Gasteiger partial charge in [0.05, 0.1) is 17.2 Å². The predicted octanol–water partition coefficient (Wildman–Crippen LogP) is 3.96.